The van der Waals surface area contributed by atoms with E-state index in [0.717, 1.165) is 11.1 Å². The molecule has 0 saturated carbocycles. The third-order valence-corrected chi connectivity index (χ3v) is 3.98. The maximum Gasteiger partial charge on any atom is 0.415 e. The number of likely N-dealkylation sites (N-methyl/N-ethyl adjacent to an activating group) is 1. The van der Waals surface area contributed by atoms with Gasteiger partial charge < -0.3 is 10.1 Å². The summed E-state index contributed by atoms with van der Waals surface area (Å²) in [4.78, 5) is 24.9. The first kappa shape index (κ1) is 15.1. The molecule has 2 aromatic carbocycles. The monoisotopic (exact) mass is 310 g/mol. The standard InChI is InChI=1S/C18H18N2O3/c1-12-16(17(21)19-12)20(2)18(22)23-15-10-8-14(9-11-15)13-6-4-3-5-7-13/h3-12,16H,1-2H3,(H,19,21)/t12-,16-/m0/s1. The largest absolute Gasteiger partial charge is 0.415 e. The van der Waals surface area contributed by atoms with Crippen LogP contribution in [0.4, 0.5) is 4.79 Å². The van der Waals surface area contributed by atoms with Crippen molar-refractivity contribution >= 4 is 12.0 Å². The zero-order chi connectivity index (χ0) is 16.4. The fourth-order valence-electron chi connectivity index (χ4n) is 2.66. The van der Waals surface area contributed by atoms with Gasteiger partial charge in [0.1, 0.15) is 11.8 Å². The van der Waals surface area contributed by atoms with E-state index in [-0.39, 0.29) is 11.9 Å². The van der Waals surface area contributed by atoms with Gasteiger partial charge in [0.25, 0.3) is 0 Å². The molecule has 2 aromatic rings. The predicted octanol–water partition coefficient (Wildman–Crippen LogP) is 2.67. The van der Waals surface area contributed by atoms with Crippen molar-refractivity contribution in [2.75, 3.05) is 7.05 Å². The number of amides is 2. The molecule has 3 rings (SSSR count). The molecule has 1 heterocycles. The van der Waals surface area contributed by atoms with Crippen molar-refractivity contribution in [3.05, 3.63) is 54.6 Å². The predicted molar refractivity (Wildman–Crippen MR) is 87.1 cm³/mol. The normalized spacial score (nSPS) is 19.5. The molecule has 1 N–H and O–H groups in total. The Morgan fingerprint density at radius 2 is 1.65 bits per heavy atom. The zero-order valence-electron chi connectivity index (χ0n) is 13.0. The van der Waals surface area contributed by atoms with Crippen LogP contribution in [0.2, 0.25) is 0 Å². The van der Waals surface area contributed by atoms with Crippen LogP contribution in [-0.2, 0) is 4.79 Å². The van der Waals surface area contributed by atoms with Gasteiger partial charge in [-0.15, -0.1) is 0 Å². The molecule has 0 unspecified atom stereocenters. The lowest BCUT2D eigenvalue weighted by atomic mass is 10.0. The molecule has 0 radical (unpaired) electrons. The number of hydrogen-bond donors (Lipinski definition) is 1. The van der Waals surface area contributed by atoms with Gasteiger partial charge in [-0.2, -0.15) is 0 Å². The number of β-lactam (4-membered cyclic amide) rings is 1. The molecule has 0 bridgehead atoms. The summed E-state index contributed by atoms with van der Waals surface area (Å²) in [5.41, 5.74) is 2.15. The van der Waals surface area contributed by atoms with Crippen LogP contribution < -0.4 is 10.1 Å². The summed E-state index contributed by atoms with van der Waals surface area (Å²) < 4.78 is 5.33. The van der Waals surface area contributed by atoms with E-state index in [9.17, 15) is 9.59 Å². The van der Waals surface area contributed by atoms with Crippen LogP contribution in [0, 0.1) is 0 Å². The highest BCUT2D eigenvalue weighted by Gasteiger charge is 2.41. The van der Waals surface area contributed by atoms with Gasteiger partial charge in [-0.3, -0.25) is 9.69 Å². The van der Waals surface area contributed by atoms with Crippen LogP contribution in [0.25, 0.3) is 11.1 Å². The fraction of sp³-hybridized carbons (Fsp3) is 0.222. The number of rotatable bonds is 3. The van der Waals surface area contributed by atoms with E-state index in [4.69, 9.17) is 4.74 Å². The highest BCUT2D eigenvalue weighted by molar-refractivity contribution is 5.92. The molecule has 0 aromatic heterocycles. The lowest BCUT2D eigenvalue weighted by molar-refractivity contribution is -0.134. The first-order valence-electron chi connectivity index (χ1n) is 7.47. The van der Waals surface area contributed by atoms with Crippen molar-refractivity contribution in [3.8, 4) is 16.9 Å². The Bertz CT molecular complexity index is 713. The first-order chi connectivity index (χ1) is 11.1. The molecule has 1 aliphatic heterocycles. The highest BCUT2D eigenvalue weighted by Crippen LogP contribution is 2.23. The van der Waals surface area contributed by atoms with Gasteiger partial charge in [-0.05, 0) is 30.2 Å². The van der Waals surface area contributed by atoms with E-state index in [1.807, 2.05) is 49.4 Å². The summed E-state index contributed by atoms with van der Waals surface area (Å²) in [6.07, 6.45) is -0.538. The zero-order valence-corrected chi connectivity index (χ0v) is 13.0. The molecule has 1 aliphatic rings. The van der Waals surface area contributed by atoms with E-state index >= 15 is 0 Å². The molecule has 5 nitrogen and oxygen atoms in total. The number of nitrogens with zero attached hydrogens (tertiary/aromatic N) is 1. The topological polar surface area (TPSA) is 58.6 Å². The minimum Gasteiger partial charge on any atom is -0.410 e. The minimum absolute atomic E-state index is 0.0551. The van der Waals surface area contributed by atoms with Crippen molar-refractivity contribution in [3.63, 3.8) is 0 Å². The van der Waals surface area contributed by atoms with Crippen molar-refractivity contribution in [2.24, 2.45) is 0 Å². The van der Waals surface area contributed by atoms with Gasteiger partial charge in [-0.25, -0.2) is 4.79 Å². The average molecular weight is 310 g/mol. The Balaban J connectivity index is 1.66. The highest BCUT2D eigenvalue weighted by atomic mass is 16.6. The van der Waals surface area contributed by atoms with Crippen molar-refractivity contribution in [2.45, 2.75) is 19.0 Å². The van der Waals surface area contributed by atoms with Crippen LogP contribution in [-0.4, -0.2) is 36.0 Å². The van der Waals surface area contributed by atoms with Gasteiger partial charge in [0.15, 0.2) is 0 Å². The van der Waals surface area contributed by atoms with Crippen LogP contribution in [0.1, 0.15) is 6.92 Å². The van der Waals surface area contributed by atoms with E-state index in [0.29, 0.717) is 5.75 Å². The van der Waals surface area contributed by atoms with E-state index < -0.39 is 12.1 Å². The van der Waals surface area contributed by atoms with Gasteiger partial charge in [0.05, 0.1) is 6.04 Å². The summed E-state index contributed by atoms with van der Waals surface area (Å²) in [6, 6.07) is 16.7. The second-order valence-corrected chi connectivity index (χ2v) is 5.61. The number of ether oxygens (including phenoxy) is 1. The van der Waals surface area contributed by atoms with Crippen LogP contribution in [0.5, 0.6) is 5.75 Å². The van der Waals surface area contributed by atoms with E-state index in [1.165, 1.54) is 4.90 Å². The summed E-state index contributed by atoms with van der Waals surface area (Å²) in [5.74, 6) is 0.297. The Morgan fingerprint density at radius 1 is 1.04 bits per heavy atom. The molecule has 0 spiro atoms. The van der Waals surface area contributed by atoms with E-state index in [1.54, 1.807) is 19.2 Å². The molecule has 0 aliphatic carbocycles. The lowest BCUT2D eigenvalue weighted by Crippen LogP contribution is -2.68. The van der Waals surface area contributed by atoms with Crippen molar-refractivity contribution in [1.29, 1.82) is 0 Å². The summed E-state index contributed by atoms with van der Waals surface area (Å²) >= 11 is 0. The number of nitrogens with one attached hydrogen (secondary N) is 1. The molecule has 118 valence electrons. The maximum atomic E-state index is 12.1. The Morgan fingerprint density at radius 3 is 2.22 bits per heavy atom. The molecular formula is C18H18N2O3. The van der Waals surface area contributed by atoms with Crippen molar-refractivity contribution in [1.82, 2.24) is 10.2 Å². The Labute approximate surface area is 134 Å². The Kier molecular flexibility index (Phi) is 4.02. The SMILES string of the molecule is C[C@@H]1NC(=O)[C@H]1N(C)C(=O)Oc1ccc(-c2ccccc2)cc1. The van der Waals surface area contributed by atoms with Crippen LogP contribution >= 0.6 is 0 Å². The molecule has 1 saturated heterocycles. The van der Waals surface area contributed by atoms with Crippen molar-refractivity contribution < 1.29 is 14.3 Å². The first-order valence-corrected chi connectivity index (χ1v) is 7.47. The maximum absolute atomic E-state index is 12.1. The number of hydrogen-bond acceptors (Lipinski definition) is 3. The van der Waals surface area contributed by atoms with Gasteiger partial charge in [-0.1, -0.05) is 42.5 Å². The molecule has 23 heavy (non-hydrogen) atoms. The second-order valence-electron chi connectivity index (χ2n) is 5.61. The summed E-state index contributed by atoms with van der Waals surface area (Å²) in [6.45, 7) is 1.85. The second kappa shape index (κ2) is 6.12. The molecular weight excluding hydrogens is 292 g/mol. The van der Waals surface area contributed by atoms with Crippen LogP contribution in [0.3, 0.4) is 0 Å². The molecule has 2 amide bonds. The summed E-state index contributed by atoms with van der Waals surface area (Å²) in [7, 11) is 1.57. The fourth-order valence-corrected chi connectivity index (χ4v) is 2.66. The van der Waals surface area contributed by atoms with E-state index in [2.05, 4.69) is 5.32 Å². The minimum atomic E-state index is -0.538. The summed E-state index contributed by atoms with van der Waals surface area (Å²) in [5, 5.41) is 2.69. The molecule has 1 fully saturated rings. The van der Waals surface area contributed by atoms with Gasteiger partial charge in [0.2, 0.25) is 5.91 Å². The number of carbonyl (C=O) groups is 2. The molecule has 5 heteroatoms. The third-order valence-electron chi connectivity index (χ3n) is 3.98. The van der Waals surface area contributed by atoms with Crippen LogP contribution in [0.15, 0.2) is 54.6 Å². The quantitative estimate of drug-likeness (QED) is 0.887. The molecule has 2 atom stereocenters. The smallest absolute Gasteiger partial charge is 0.410 e. The van der Waals surface area contributed by atoms with Gasteiger partial charge in [0, 0.05) is 7.05 Å². The third kappa shape index (κ3) is 3.04. The number of carbonyl (C=O) groups excluding carboxylic acids is 2. The Hall–Kier alpha value is -2.82. The lowest BCUT2D eigenvalue weighted by Gasteiger charge is -2.39. The van der Waals surface area contributed by atoms with Gasteiger partial charge >= 0.3 is 6.09 Å². The number of benzene rings is 2. The average Bonchev–Trinajstić information content (AvgIpc) is 2.56.